The van der Waals surface area contributed by atoms with Crippen LogP contribution in [-0.4, -0.2) is 9.13 Å². The molecule has 1 unspecified atom stereocenters. The van der Waals surface area contributed by atoms with Gasteiger partial charge in [0, 0.05) is 52.3 Å². The maximum Gasteiger partial charge on any atom is 0.157 e. The molecule has 3 nitrogen and oxygen atoms in total. The van der Waals surface area contributed by atoms with Crippen LogP contribution in [0.2, 0.25) is 0 Å². The SMILES string of the molecule is c1ccc2c(c1)ccc1c2c2cc(-n3c4ccccc4c4ccccc43)ccc2n1C1Nc2ccc3sc4ccccc4c3c2S1. The summed E-state index contributed by atoms with van der Waals surface area (Å²) in [7, 11) is 0. The first kappa shape index (κ1) is 25.0. The maximum absolute atomic E-state index is 3.93. The Hall–Kier alpha value is -5.23. The molecule has 0 saturated carbocycles. The number of fused-ring (bicyclic) bond motifs is 13. The molecule has 5 heteroatoms. The Bertz CT molecular complexity index is 2840. The van der Waals surface area contributed by atoms with Crippen molar-refractivity contribution in [3.05, 3.63) is 140 Å². The molecule has 10 aromatic rings. The van der Waals surface area contributed by atoms with Crippen LogP contribution in [0.15, 0.2) is 144 Å². The topological polar surface area (TPSA) is 21.9 Å². The van der Waals surface area contributed by atoms with E-state index in [1.54, 1.807) is 0 Å². The van der Waals surface area contributed by atoms with E-state index in [4.69, 9.17) is 0 Å². The molecule has 0 aliphatic carbocycles. The quantitative estimate of drug-likeness (QED) is 0.207. The first-order chi connectivity index (χ1) is 22.8. The molecule has 1 N–H and O–H groups in total. The number of anilines is 1. The Morgan fingerprint density at radius 3 is 2.02 bits per heavy atom. The summed E-state index contributed by atoms with van der Waals surface area (Å²) in [6.07, 6.45) is 0. The highest BCUT2D eigenvalue weighted by molar-refractivity contribution is 8.00. The lowest BCUT2D eigenvalue weighted by Crippen LogP contribution is -2.10. The molecule has 0 amide bonds. The van der Waals surface area contributed by atoms with Crippen LogP contribution >= 0.6 is 23.1 Å². The van der Waals surface area contributed by atoms with Gasteiger partial charge in [-0.25, -0.2) is 0 Å². The van der Waals surface area contributed by atoms with E-state index >= 15 is 0 Å². The van der Waals surface area contributed by atoms with Crippen LogP contribution in [0.4, 0.5) is 5.69 Å². The van der Waals surface area contributed by atoms with E-state index in [2.05, 4.69) is 154 Å². The number of hydrogen-bond acceptors (Lipinski definition) is 3. The van der Waals surface area contributed by atoms with Gasteiger partial charge < -0.3 is 14.5 Å². The van der Waals surface area contributed by atoms with E-state index in [0.717, 1.165) is 0 Å². The van der Waals surface area contributed by atoms with Crippen LogP contribution in [0.1, 0.15) is 5.50 Å². The summed E-state index contributed by atoms with van der Waals surface area (Å²) in [6.45, 7) is 0. The maximum atomic E-state index is 3.93. The molecular weight excluding hydrogens is 599 g/mol. The molecule has 0 radical (unpaired) electrons. The van der Waals surface area contributed by atoms with Crippen molar-refractivity contribution in [2.75, 3.05) is 5.32 Å². The minimum Gasteiger partial charge on any atom is -0.355 e. The average molecular weight is 624 g/mol. The Balaban J connectivity index is 1.18. The number of nitrogens with zero attached hydrogens (tertiary/aromatic N) is 2. The van der Waals surface area contributed by atoms with Crippen LogP contribution in [-0.2, 0) is 0 Å². The standard InChI is InChI=1S/C41H25N3S2/c1-2-10-26-24(9-1)17-20-35-38(26)30-23-25(43-32-14-6-3-11-27(32)28-12-4-7-15-33(28)43)18-21-34(30)44(35)41-42-31-19-22-37-39(40(31)46-41)29-13-5-8-16-36(29)45-37/h1-23,41-42H. The van der Waals surface area contributed by atoms with Crippen LogP contribution in [0.3, 0.4) is 0 Å². The van der Waals surface area contributed by atoms with Crippen molar-refractivity contribution in [1.82, 2.24) is 9.13 Å². The zero-order valence-corrected chi connectivity index (χ0v) is 26.2. The van der Waals surface area contributed by atoms with Gasteiger partial charge in [-0.15, -0.1) is 11.3 Å². The van der Waals surface area contributed by atoms with Gasteiger partial charge in [-0.2, -0.15) is 0 Å². The second-order valence-electron chi connectivity index (χ2n) is 12.2. The van der Waals surface area contributed by atoms with Gasteiger partial charge in [-0.05, 0) is 65.4 Å². The third-order valence-corrected chi connectivity index (χ3v) is 12.1. The lowest BCUT2D eigenvalue weighted by atomic mass is 10.0. The molecule has 1 aliphatic heterocycles. The van der Waals surface area contributed by atoms with Gasteiger partial charge in [0.15, 0.2) is 5.50 Å². The van der Waals surface area contributed by atoms with Gasteiger partial charge in [-0.3, -0.25) is 0 Å². The predicted molar refractivity (Wildman–Crippen MR) is 199 cm³/mol. The van der Waals surface area contributed by atoms with Crippen molar-refractivity contribution >= 4 is 103 Å². The second-order valence-corrected chi connectivity index (χ2v) is 14.3. The van der Waals surface area contributed by atoms with Gasteiger partial charge in [0.25, 0.3) is 0 Å². The van der Waals surface area contributed by atoms with Gasteiger partial charge >= 0.3 is 0 Å². The van der Waals surface area contributed by atoms with Gasteiger partial charge in [-0.1, -0.05) is 96.7 Å². The number of thiophene rings is 1. The van der Waals surface area contributed by atoms with Gasteiger partial charge in [0.05, 0.1) is 27.8 Å². The van der Waals surface area contributed by atoms with Crippen molar-refractivity contribution in [1.29, 1.82) is 0 Å². The summed E-state index contributed by atoms with van der Waals surface area (Å²) < 4.78 is 7.64. The molecule has 46 heavy (non-hydrogen) atoms. The zero-order valence-electron chi connectivity index (χ0n) is 24.6. The molecule has 0 spiro atoms. The fourth-order valence-electron chi connectivity index (χ4n) is 7.81. The normalized spacial score (nSPS) is 14.8. The third-order valence-electron chi connectivity index (χ3n) is 9.75. The van der Waals surface area contributed by atoms with Crippen LogP contribution in [0.5, 0.6) is 0 Å². The Kier molecular flexibility index (Phi) is 4.98. The molecule has 4 heterocycles. The lowest BCUT2D eigenvalue weighted by molar-refractivity contribution is 0.826. The van der Waals surface area contributed by atoms with Crippen LogP contribution in [0, 0.1) is 0 Å². The summed E-state index contributed by atoms with van der Waals surface area (Å²) in [5.74, 6) is 0. The molecule has 216 valence electrons. The number of benzene rings is 7. The Morgan fingerprint density at radius 2 is 1.20 bits per heavy atom. The molecule has 1 atom stereocenters. The number of thioether (sulfide) groups is 1. The zero-order chi connectivity index (χ0) is 29.9. The van der Waals surface area contributed by atoms with E-state index < -0.39 is 0 Å². The van der Waals surface area contributed by atoms with Crippen molar-refractivity contribution < 1.29 is 0 Å². The van der Waals surface area contributed by atoms with E-state index in [-0.39, 0.29) is 5.50 Å². The Labute approximate surface area is 272 Å². The van der Waals surface area contributed by atoms with Crippen molar-refractivity contribution in [2.24, 2.45) is 0 Å². The third kappa shape index (κ3) is 3.28. The summed E-state index contributed by atoms with van der Waals surface area (Å²) in [6, 6.07) is 51.3. The van der Waals surface area contributed by atoms with Gasteiger partial charge in [0.2, 0.25) is 0 Å². The minimum absolute atomic E-state index is 0.0273. The molecule has 11 rings (SSSR count). The lowest BCUT2D eigenvalue weighted by Gasteiger charge is -2.16. The first-order valence-electron chi connectivity index (χ1n) is 15.6. The number of rotatable bonds is 2. The highest BCUT2D eigenvalue weighted by Crippen LogP contribution is 2.53. The summed E-state index contributed by atoms with van der Waals surface area (Å²) in [5, 5.41) is 14.3. The largest absolute Gasteiger partial charge is 0.355 e. The van der Waals surface area contributed by atoms with E-state index in [9.17, 15) is 0 Å². The summed E-state index contributed by atoms with van der Waals surface area (Å²) in [5.41, 5.74) is 7.36. The van der Waals surface area contributed by atoms with E-state index in [0.29, 0.717) is 0 Å². The number of para-hydroxylation sites is 2. The second kappa shape index (κ2) is 9.16. The fourth-order valence-corrected chi connectivity index (χ4v) is 10.3. The molecule has 0 fully saturated rings. The summed E-state index contributed by atoms with van der Waals surface area (Å²) >= 11 is 3.82. The molecule has 0 bridgehead atoms. The van der Waals surface area contributed by atoms with Gasteiger partial charge in [0.1, 0.15) is 0 Å². The van der Waals surface area contributed by atoms with Crippen LogP contribution < -0.4 is 5.32 Å². The molecule has 7 aromatic carbocycles. The summed E-state index contributed by atoms with van der Waals surface area (Å²) in [4.78, 5) is 1.35. The van der Waals surface area contributed by atoms with Crippen molar-refractivity contribution in [3.8, 4) is 5.69 Å². The smallest absolute Gasteiger partial charge is 0.157 e. The van der Waals surface area contributed by atoms with E-state index in [1.807, 2.05) is 23.1 Å². The van der Waals surface area contributed by atoms with E-state index in [1.165, 1.54) is 90.8 Å². The highest BCUT2D eigenvalue weighted by Gasteiger charge is 2.29. The minimum atomic E-state index is 0.0273. The van der Waals surface area contributed by atoms with Crippen molar-refractivity contribution in [3.63, 3.8) is 0 Å². The molecule has 3 aromatic heterocycles. The fraction of sp³-hybridized carbons (Fsp3) is 0.0244. The number of nitrogens with one attached hydrogen (secondary N) is 1. The highest BCUT2D eigenvalue weighted by atomic mass is 32.2. The molecular formula is C41H25N3S2. The monoisotopic (exact) mass is 623 g/mol. The molecule has 0 saturated heterocycles. The number of aromatic nitrogens is 2. The average Bonchev–Trinajstić information content (AvgIpc) is 3.86. The first-order valence-corrected chi connectivity index (χ1v) is 17.3. The van der Waals surface area contributed by atoms with Crippen molar-refractivity contribution in [2.45, 2.75) is 10.4 Å². The predicted octanol–water partition coefficient (Wildman–Crippen LogP) is 12.1. The van der Waals surface area contributed by atoms with Crippen LogP contribution in [0.25, 0.3) is 80.2 Å². The molecule has 1 aliphatic rings. The number of hydrogen-bond donors (Lipinski definition) is 1. The Morgan fingerprint density at radius 1 is 0.500 bits per heavy atom.